The average Bonchev–Trinajstić information content (AvgIpc) is 2.92. The van der Waals surface area contributed by atoms with E-state index in [1.807, 2.05) is 38.1 Å². The van der Waals surface area contributed by atoms with Crippen LogP contribution >= 0.6 is 21.6 Å². The molecule has 38 heavy (non-hydrogen) atoms. The molecule has 0 aromatic heterocycles. The third-order valence-electron chi connectivity index (χ3n) is 7.86. The largest absolute Gasteiger partial charge is 0.293 e. The van der Waals surface area contributed by atoms with Crippen LogP contribution in [0, 0.1) is 13.8 Å². The van der Waals surface area contributed by atoms with Crippen LogP contribution in [0.1, 0.15) is 75.3 Å². The van der Waals surface area contributed by atoms with Crippen molar-refractivity contribution in [2.75, 3.05) is 11.5 Å². The molecule has 9 heteroatoms. The summed E-state index contributed by atoms with van der Waals surface area (Å²) in [6.07, 6.45) is 11.7. The van der Waals surface area contributed by atoms with E-state index in [2.05, 4.69) is 4.90 Å². The lowest BCUT2D eigenvalue weighted by atomic mass is 9.87. The van der Waals surface area contributed by atoms with E-state index in [-0.39, 0.29) is 6.04 Å². The first-order valence-corrected chi connectivity index (χ1v) is 19.8. The Bertz CT molecular complexity index is 1130. The Morgan fingerprint density at radius 1 is 0.632 bits per heavy atom. The van der Waals surface area contributed by atoms with Gasteiger partial charge in [0.2, 0.25) is 17.7 Å². The highest BCUT2D eigenvalue weighted by Gasteiger charge is 2.36. The van der Waals surface area contributed by atoms with Crippen LogP contribution in [0.15, 0.2) is 58.3 Å². The number of rotatable bonds is 11. The summed E-state index contributed by atoms with van der Waals surface area (Å²) in [5.41, 5.74) is 2.04. The molecular formula is C29H41NO4S4. The highest BCUT2D eigenvalue weighted by molar-refractivity contribution is 8.72. The molecule has 5 nitrogen and oxygen atoms in total. The summed E-state index contributed by atoms with van der Waals surface area (Å²) < 4.78 is 53.2. The van der Waals surface area contributed by atoms with Gasteiger partial charge in [-0.25, -0.2) is 16.8 Å². The lowest BCUT2D eigenvalue weighted by Gasteiger charge is -2.46. The second kappa shape index (κ2) is 13.6. The molecule has 0 amide bonds. The van der Waals surface area contributed by atoms with Crippen molar-refractivity contribution in [3.8, 4) is 0 Å². The van der Waals surface area contributed by atoms with Crippen LogP contribution in [0.3, 0.4) is 0 Å². The summed E-state index contributed by atoms with van der Waals surface area (Å²) in [6, 6.07) is 14.6. The standard InChI is InChI=1S/C29H41NO4S4/c1-23-13-17-28(18-14-23)37(31,32)35-21-27(22-36-38(33,34)29-19-15-24(2)16-20-29)30(25-9-5-3-6-10-25)26-11-7-4-8-12-26/h13-20,25-27H,3-12,21-22H2,1-2H3. The van der Waals surface area contributed by atoms with E-state index in [0.717, 1.165) is 58.4 Å². The predicted molar refractivity (Wildman–Crippen MR) is 161 cm³/mol. The fourth-order valence-electron chi connectivity index (χ4n) is 5.76. The molecule has 0 saturated heterocycles. The molecule has 2 fully saturated rings. The van der Waals surface area contributed by atoms with E-state index in [1.54, 1.807) is 24.3 Å². The maximum absolute atomic E-state index is 13.3. The van der Waals surface area contributed by atoms with Crippen molar-refractivity contribution in [2.24, 2.45) is 0 Å². The second-order valence-corrected chi connectivity index (χ2v) is 18.7. The Morgan fingerprint density at radius 3 is 1.32 bits per heavy atom. The van der Waals surface area contributed by atoms with Gasteiger partial charge in [-0.1, -0.05) is 73.9 Å². The minimum Gasteiger partial charge on any atom is -0.293 e. The van der Waals surface area contributed by atoms with Crippen LogP contribution in [0.5, 0.6) is 0 Å². The molecule has 2 aromatic carbocycles. The zero-order chi connectivity index (χ0) is 27.2. The Labute approximate surface area is 237 Å². The molecule has 2 aliphatic carbocycles. The quantitative estimate of drug-likeness (QED) is 0.255. The Kier molecular flexibility index (Phi) is 10.7. The molecule has 0 aliphatic heterocycles. The van der Waals surface area contributed by atoms with Crippen molar-refractivity contribution >= 4 is 39.3 Å². The number of benzene rings is 2. The Balaban J connectivity index is 1.59. The van der Waals surface area contributed by atoms with Crippen molar-refractivity contribution in [1.29, 1.82) is 0 Å². The first-order chi connectivity index (χ1) is 18.2. The number of hydrogen-bond donors (Lipinski definition) is 0. The summed E-state index contributed by atoms with van der Waals surface area (Å²) in [4.78, 5) is 3.20. The van der Waals surface area contributed by atoms with Crippen molar-refractivity contribution in [2.45, 2.75) is 106 Å². The van der Waals surface area contributed by atoms with Crippen LogP contribution in [0.25, 0.3) is 0 Å². The molecule has 210 valence electrons. The first-order valence-electron chi connectivity index (χ1n) is 13.9. The van der Waals surface area contributed by atoms with E-state index in [1.165, 1.54) is 38.5 Å². The second-order valence-electron chi connectivity index (χ2n) is 10.8. The topological polar surface area (TPSA) is 71.5 Å². The zero-order valence-corrected chi connectivity index (χ0v) is 25.8. The lowest BCUT2D eigenvalue weighted by Crippen LogP contribution is -2.53. The van der Waals surface area contributed by atoms with Gasteiger partial charge in [0.15, 0.2) is 0 Å². The summed E-state index contributed by atoms with van der Waals surface area (Å²) in [5, 5.41) is 0. The average molecular weight is 596 g/mol. The number of aryl methyl sites for hydroxylation is 2. The molecule has 2 aromatic rings. The van der Waals surface area contributed by atoms with E-state index in [4.69, 9.17) is 0 Å². The molecule has 0 spiro atoms. The van der Waals surface area contributed by atoms with Gasteiger partial charge in [-0.05, 0) is 85.4 Å². The normalized spacial score (nSPS) is 18.3. The maximum atomic E-state index is 13.3. The maximum Gasteiger partial charge on any atom is 0.230 e. The van der Waals surface area contributed by atoms with Crippen LogP contribution in [-0.2, 0) is 17.7 Å². The fraction of sp³-hybridized carbons (Fsp3) is 0.586. The molecule has 0 unspecified atom stereocenters. The van der Waals surface area contributed by atoms with Gasteiger partial charge >= 0.3 is 0 Å². The molecule has 0 radical (unpaired) electrons. The van der Waals surface area contributed by atoms with Crippen LogP contribution in [0.4, 0.5) is 0 Å². The highest BCUT2D eigenvalue weighted by atomic mass is 33.1. The molecule has 2 saturated carbocycles. The van der Waals surface area contributed by atoms with Gasteiger partial charge < -0.3 is 0 Å². The van der Waals surface area contributed by atoms with Gasteiger partial charge in [-0.3, -0.25) is 4.90 Å². The number of nitrogens with zero attached hydrogens (tertiary/aromatic N) is 1. The monoisotopic (exact) mass is 595 g/mol. The van der Waals surface area contributed by atoms with Gasteiger partial charge in [0, 0.05) is 29.6 Å². The molecule has 4 rings (SSSR count). The molecule has 0 bridgehead atoms. The third-order valence-corrected chi connectivity index (χ3v) is 15.1. The summed E-state index contributed by atoms with van der Waals surface area (Å²) >= 11 is 0. The summed E-state index contributed by atoms with van der Waals surface area (Å²) in [6.45, 7) is 3.88. The Morgan fingerprint density at radius 2 is 0.974 bits per heavy atom. The van der Waals surface area contributed by atoms with Crippen LogP contribution in [-0.4, -0.2) is 51.4 Å². The lowest BCUT2D eigenvalue weighted by molar-refractivity contribution is 0.0548. The van der Waals surface area contributed by atoms with E-state index < -0.39 is 17.7 Å². The highest BCUT2D eigenvalue weighted by Crippen LogP contribution is 2.36. The molecule has 2 aliphatic rings. The third kappa shape index (κ3) is 8.03. The fourth-order valence-corrected chi connectivity index (χ4v) is 11.9. The minimum atomic E-state index is -3.55. The van der Waals surface area contributed by atoms with Crippen molar-refractivity contribution < 1.29 is 16.8 Å². The van der Waals surface area contributed by atoms with Crippen LogP contribution in [0.2, 0.25) is 0 Å². The summed E-state index contributed by atoms with van der Waals surface area (Å²) in [7, 11) is -5.15. The smallest absolute Gasteiger partial charge is 0.230 e. The zero-order valence-electron chi connectivity index (χ0n) is 22.5. The predicted octanol–water partition coefficient (Wildman–Crippen LogP) is 7.18. The first kappa shape index (κ1) is 30.0. The molecule has 0 heterocycles. The van der Waals surface area contributed by atoms with E-state index >= 15 is 0 Å². The van der Waals surface area contributed by atoms with Gasteiger partial charge in [0.25, 0.3) is 0 Å². The van der Waals surface area contributed by atoms with Crippen molar-refractivity contribution in [3.05, 3.63) is 59.7 Å². The minimum absolute atomic E-state index is 0.142. The van der Waals surface area contributed by atoms with Gasteiger partial charge in [0.05, 0.1) is 9.79 Å². The SMILES string of the molecule is Cc1ccc(S(=O)(=O)SCC(CSS(=O)(=O)c2ccc(C)cc2)N(C2CCCCC2)C2CCCCC2)cc1. The Hall–Kier alpha value is -1.00. The molecular weight excluding hydrogens is 555 g/mol. The number of hydrogen-bond acceptors (Lipinski definition) is 7. The van der Waals surface area contributed by atoms with Gasteiger partial charge in [-0.15, -0.1) is 0 Å². The van der Waals surface area contributed by atoms with E-state index in [9.17, 15) is 16.8 Å². The molecule has 0 atom stereocenters. The van der Waals surface area contributed by atoms with Crippen LogP contribution < -0.4 is 0 Å². The van der Waals surface area contributed by atoms with Crippen molar-refractivity contribution in [1.82, 2.24) is 4.90 Å². The van der Waals surface area contributed by atoms with E-state index in [0.29, 0.717) is 33.4 Å². The summed E-state index contributed by atoms with van der Waals surface area (Å²) in [5.74, 6) is 0.721. The molecule has 0 N–H and O–H groups in total. The van der Waals surface area contributed by atoms with Gasteiger partial charge in [0.1, 0.15) is 0 Å². The van der Waals surface area contributed by atoms with Crippen molar-refractivity contribution in [3.63, 3.8) is 0 Å². The van der Waals surface area contributed by atoms with Gasteiger partial charge in [-0.2, -0.15) is 0 Å².